The van der Waals surface area contributed by atoms with Gasteiger partial charge in [-0.05, 0) is 29.5 Å². The van der Waals surface area contributed by atoms with Crippen LogP contribution in [0.2, 0.25) is 0 Å². The quantitative estimate of drug-likeness (QED) is 0.840. The summed E-state index contributed by atoms with van der Waals surface area (Å²) in [5.41, 5.74) is 7.05. The third-order valence-electron chi connectivity index (χ3n) is 2.76. The summed E-state index contributed by atoms with van der Waals surface area (Å²) < 4.78 is 14.1. The van der Waals surface area contributed by atoms with Crippen LogP contribution in [0.25, 0.3) is 0 Å². The van der Waals surface area contributed by atoms with Crippen LogP contribution in [0.1, 0.15) is 33.3 Å². The molecular formula is C15H25FN2. The molecule has 102 valence electrons. The standard InChI is InChI=1S/C15H25FN2/c1-11(2)9-18(10-12(3)4)15-6-5-13(8-17)7-14(15)16/h5-7,11-12H,8-10,17H2,1-4H3. The van der Waals surface area contributed by atoms with Gasteiger partial charge in [0.1, 0.15) is 5.82 Å². The van der Waals surface area contributed by atoms with Crippen molar-refractivity contribution in [3.05, 3.63) is 29.6 Å². The number of hydrogen-bond acceptors (Lipinski definition) is 2. The lowest BCUT2D eigenvalue weighted by Crippen LogP contribution is -2.32. The van der Waals surface area contributed by atoms with Crippen molar-refractivity contribution in [2.75, 3.05) is 18.0 Å². The van der Waals surface area contributed by atoms with Gasteiger partial charge in [-0.25, -0.2) is 4.39 Å². The Labute approximate surface area is 110 Å². The predicted octanol–water partition coefficient (Wildman–Crippen LogP) is 3.40. The van der Waals surface area contributed by atoms with Crippen LogP contribution in [0.4, 0.5) is 10.1 Å². The minimum absolute atomic E-state index is 0.167. The molecule has 0 aliphatic heterocycles. The molecule has 2 N–H and O–H groups in total. The summed E-state index contributed by atoms with van der Waals surface area (Å²) in [6.45, 7) is 10.7. The van der Waals surface area contributed by atoms with Gasteiger partial charge in [0.2, 0.25) is 0 Å². The monoisotopic (exact) mass is 252 g/mol. The first kappa shape index (κ1) is 15.0. The Hall–Kier alpha value is -1.09. The summed E-state index contributed by atoms with van der Waals surface area (Å²) in [6, 6.07) is 5.30. The summed E-state index contributed by atoms with van der Waals surface area (Å²) >= 11 is 0. The van der Waals surface area contributed by atoms with Crippen molar-refractivity contribution in [1.82, 2.24) is 0 Å². The molecule has 0 heterocycles. The highest BCUT2D eigenvalue weighted by atomic mass is 19.1. The fraction of sp³-hybridized carbons (Fsp3) is 0.600. The van der Waals surface area contributed by atoms with Gasteiger partial charge in [0.05, 0.1) is 5.69 Å². The Morgan fingerprint density at radius 3 is 2.06 bits per heavy atom. The Bertz CT molecular complexity index is 365. The molecule has 0 saturated heterocycles. The van der Waals surface area contributed by atoms with Gasteiger partial charge in [-0.15, -0.1) is 0 Å². The van der Waals surface area contributed by atoms with E-state index in [4.69, 9.17) is 5.73 Å². The van der Waals surface area contributed by atoms with E-state index in [2.05, 4.69) is 32.6 Å². The third kappa shape index (κ3) is 4.30. The van der Waals surface area contributed by atoms with Crippen LogP contribution in [0.15, 0.2) is 18.2 Å². The Balaban J connectivity index is 2.96. The molecule has 2 nitrogen and oxygen atoms in total. The first-order valence-corrected chi connectivity index (χ1v) is 6.67. The Morgan fingerprint density at radius 1 is 1.11 bits per heavy atom. The minimum atomic E-state index is -0.167. The topological polar surface area (TPSA) is 29.3 Å². The van der Waals surface area contributed by atoms with E-state index in [0.29, 0.717) is 24.1 Å². The lowest BCUT2D eigenvalue weighted by atomic mass is 10.1. The van der Waals surface area contributed by atoms with Gasteiger partial charge in [-0.3, -0.25) is 0 Å². The predicted molar refractivity (Wildman–Crippen MR) is 76.2 cm³/mol. The maximum absolute atomic E-state index is 14.1. The molecule has 0 fully saturated rings. The molecule has 3 heteroatoms. The first-order valence-electron chi connectivity index (χ1n) is 6.67. The number of nitrogens with zero attached hydrogens (tertiary/aromatic N) is 1. The molecule has 0 atom stereocenters. The fourth-order valence-corrected chi connectivity index (χ4v) is 2.09. The van der Waals surface area contributed by atoms with Gasteiger partial charge in [-0.2, -0.15) is 0 Å². The summed E-state index contributed by atoms with van der Waals surface area (Å²) in [7, 11) is 0. The van der Waals surface area contributed by atoms with Crippen molar-refractivity contribution in [2.24, 2.45) is 17.6 Å². The van der Waals surface area contributed by atoms with E-state index in [9.17, 15) is 4.39 Å². The van der Waals surface area contributed by atoms with Crippen LogP contribution in [0.5, 0.6) is 0 Å². The molecule has 0 bridgehead atoms. The van der Waals surface area contributed by atoms with Crippen LogP contribution in [0, 0.1) is 17.7 Å². The highest BCUT2D eigenvalue weighted by molar-refractivity contribution is 5.49. The molecule has 1 rings (SSSR count). The van der Waals surface area contributed by atoms with Gasteiger partial charge >= 0.3 is 0 Å². The summed E-state index contributed by atoms with van der Waals surface area (Å²) in [6.07, 6.45) is 0. The summed E-state index contributed by atoms with van der Waals surface area (Å²) in [4.78, 5) is 2.13. The highest BCUT2D eigenvalue weighted by Gasteiger charge is 2.14. The number of anilines is 1. The minimum Gasteiger partial charge on any atom is -0.369 e. The van der Waals surface area contributed by atoms with Crippen molar-refractivity contribution >= 4 is 5.69 Å². The molecule has 0 aliphatic rings. The van der Waals surface area contributed by atoms with Crippen LogP contribution < -0.4 is 10.6 Å². The molecule has 18 heavy (non-hydrogen) atoms. The molecule has 0 aliphatic carbocycles. The lowest BCUT2D eigenvalue weighted by molar-refractivity contribution is 0.537. The van der Waals surface area contributed by atoms with Gasteiger partial charge < -0.3 is 10.6 Å². The maximum atomic E-state index is 14.1. The number of benzene rings is 1. The average Bonchev–Trinajstić information content (AvgIpc) is 2.26. The van der Waals surface area contributed by atoms with Gasteiger partial charge in [0.25, 0.3) is 0 Å². The molecule has 0 amide bonds. The zero-order chi connectivity index (χ0) is 13.7. The van der Waals surface area contributed by atoms with E-state index in [1.807, 2.05) is 12.1 Å². The van der Waals surface area contributed by atoms with Crippen molar-refractivity contribution in [3.63, 3.8) is 0 Å². The molecular weight excluding hydrogens is 227 g/mol. The molecule has 0 saturated carbocycles. The third-order valence-corrected chi connectivity index (χ3v) is 2.76. The van der Waals surface area contributed by atoms with E-state index < -0.39 is 0 Å². The number of hydrogen-bond donors (Lipinski definition) is 1. The van der Waals surface area contributed by atoms with Crippen LogP contribution in [-0.2, 0) is 6.54 Å². The van der Waals surface area contributed by atoms with E-state index in [0.717, 1.165) is 18.7 Å². The van der Waals surface area contributed by atoms with E-state index in [1.54, 1.807) is 6.07 Å². The smallest absolute Gasteiger partial charge is 0.146 e. The molecule has 0 unspecified atom stereocenters. The maximum Gasteiger partial charge on any atom is 0.146 e. The molecule has 1 aromatic carbocycles. The fourth-order valence-electron chi connectivity index (χ4n) is 2.09. The van der Waals surface area contributed by atoms with Crippen LogP contribution in [0.3, 0.4) is 0 Å². The number of rotatable bonds is 6. The van der Waals surface area contributed by atoms with Gasteiger partial charge in [0.15, 0.2) is 0 Å². The second kappa shape index (κ2) is 6.74. The zero-order valence-corrected chi connectivity index (χ0v) is 11.9. The number of nitrogens with two attached hydrogens (primary N) is 1. The Kier molecular flexibility index (Phi) is 5.60. The zero-order valence-electron chi connectivity index (χ0n) is 11.9. The second-order valence-electron chi connectivity index (χ2n) is 5.68. The van der Waals surface area contributed by atoms with Crippen LogP contribution in [-0.4, -0.2) is 13.1 Å². The van der Waals surface area contributed by atoms with Crippen molar-refractivity contribution < 1.29 is 4.39 Å². The van der Waals surface area contributed by atoms with E-state index in [1.165, 1.54) is 0 Å². The van der Waals surface area contributed by atoms with Crippen LogP contribution >= 0.6 is 0 Å². The molecule has 0 spiro atoms. The number of halogens is 1. The normalized spacial score (nSPS) is 11.3. The SMILES string of the molecule is CC(C)CN(CC(C)C)c1ccc(CN)cc1F. The Morgan fingerprint density at radius 2 is 1.67 bits per heavy atom. The van der Waals surface area contributed by atoms with Gasteiger partial charge in [-0.1, -0.05) is 33.8 Å². The van der Waals surface area contributed by atoms with Crippen molar-refractivity contribution in [1.29, 1.82) is 0 Å². The highest BCUT2D eigenvalue weighted by Crippen LogP contribution is 2.22. The van der Waals surface area contributed by atoms with E-state index >= 15 is 0 Å². The average molecular weight is 252 g/mol. The molecule has 1 aromatic rings. The van der Waals surface area contributed by atoms with Gasteiger partial charge in [0, 0.05) is 19.6 Å². The van der Waals surface area contributed by atoms with Crippen molar-refractivity contribution in [3.8, 4) is 0 Å². The lowest BCUT2D eigenvalue weighted by Gasteiger charge is -2.29. The van der Waals surface area contributed by atoms with Crippen molar-refractivity contribution in [2.45, 2.75) is 34.2 Å². The summed E-state index contributed by atoms with van der Waals surface area (Å²) in [5.74, 6) is 0.855. The summed E-state index contributed by atoms with van der Waals surface area (Å²) in [5, 5.41) is 0. The first-order chi connectivity index (χ1) is 8.43. The van der Waals surface area contributed by atoms with E-state index in [-0.39, 0.29) is 5.82 Å². The molecule has 0 radical (unpaired) electrons. The largest absolute Gasteiger partial charge is 0.369 e. The second-order valence-corrected chi connectivity index (χ2v) is 5.68. The molecule has 0 aromatic heterocycles.